The minimum Gasteiger partial charge on any atom is -0.396 e. The Balaban J connectivity index is 1.64. The van der Waals surface area contributed by atoms with Crippen LogP contribution >= 0.6 is 11.3 Å². The first-order chi connectivity index (χ1) is 8.36. The van der Waals surface area contributed by atoms with Crippen molar-refractivity contribution in [1.82, 2.24) is 5.32 Å². The monoisotopic (exact) mass is 249 g/mol. The van der Waals surface area contributed by atoms with Crippen LogP contribution in [0.3, 0.4) is 0 Å². The zero-order valence-electron chi connectivity index (χ0n) is 9.88. The van der Waals surface area contributed by atoms with Crippen molar-refractivity contribution in [2.45, 2.75) is 31.3 Å². The molecule has 3 atom stereocenters. The highest BCUT2D eigenvalue weighted by atomic mass is 32.1. The molecule has 2 aliphatic rings. The summed E-state index contributed by atoms with van der Waals surface area (Å²) in [5.74, 6) is 1.19. The molecular formula is C14H19NOS. The highest BCUT2D eigenvalue weighted by molar-refractivity contribution is 7.10. The van der Waals surface area contributed by atoms with Crippen molar-refractivity contribution in [2.24, 2.45) is 11.8 Å². The molecule has 92 valence electrons. The predicted molar refractivity (Wildman–Crippen MR) is 71.0 cm³/mol. The maximum absolute atomic E-state index is 9.15. The normalized spacial score (nSPS) is 29.7. The Hall–Kier alpha value is -0.640. The fourth-order valence-electron chi connectivity index (χ4n) is 2.61. The highest BCUT2D eigenvalue weighted by Gasteiger charge is 2.34. The standard InChI is InChI=1S/C14H19NOS/c16-9-10-3-6-12(8-10)15-14(11-4-5-11)13-2-1-7-17-13/h1-3,6-7,10-12,14-16H,4-5,8-9H2/t10-,12+,14+/m0/s1. The maximum Gasteiger partial charge on any atom is 0.0494 e. The molecule has 2 N–H and O–H groups in total. The molecule has 2 nitrogen and oxygen atoms in total. The lowest BCUT2D eigenvalue weighted by atomic mass is 10.1. The van der Waals surface area contributed by atoms with Crippen molar-refractivity contribution in [3.8, 4) is 0 Å². The van der Waals surface area contributed by atoms with Gasteiger partial charge in [0.1, 0.15) is 0 Å². The van der Waals surface area contributed by atoms with Crippen LogP contribution in [0, 0.1) is 11.8 Å². The van der Waals surface area contributed by atoms with Crippen LogP contribution in [0.2, 0.25) is 0 Å². The van der Waals surface area contributed by atoms with Crippen LogP contribution in [-0.2, 0) is 0 Å². The summed E-state index contributed by atoms with van der Waals surface area (Å²) in [6, 6.07) is 5.35. The van der Waals surface area contributed by atoms with Gasteiger partial charge in [0.25, 0.3) is 0 Å². The number of hydrogen-bond acceptors (Lipinski definition) is 3. The fraction of sp³-hybridized carbons (Fsp3) is 0.571. The van der Waals surface area contributed by atoms with Crippen LogP contribution in [0.15, 0.2) is 29.7 Å². The van der Waals surface area contributed by atoms with E-state index in [4.69, 9.17) is 5.11 Å². The molecule has 0 bridgehead atoms. The molecule has 2 aliphatic carbocycles. The topological polar surface area (TPSA) is 32.3 Å². The van der Waals surface area contributed by atoms with Gasteiger partial charge in [-0.2, -0.15) is 0 Å². The maximum atomic E-state index is 9.15. The first-order valence-electron chi connectivity index (χ1n) is 6.45. The van der Waals surface area contributed by atoms with Crippen molar-refractivity contribution in [3.05, 3.63) is 34.5 Å². The summed E-state index contributed by atoms with van der Waals surface area (Å²) < 4.78 is 0. The van der Waals surface area contributed by atoms with E-state index in [1.165, 1.54) is 17.7 Å². The summed E-state index contributed by atoms with van der Waals surface area (Å²) in [6.45, 7) is 0.280. The van der Waals surface area contributed by atoms with Crippen LogP contribution in [0.25, 0.3) is 0 Å². The van der Waals surface area contributed by atoms with E-state index in [1.807, 2.05) is 11.3 Å². The molecule has 1 saturated carbocycles. The van der Waals surface area contributed by atoms with Gasteiger partial charge in [0.15, 0.2) is 0 Å². The molecule has 1 aromatic heterocycles. The van der Waals surface area contributed by atoms with Crippen molar-refractivity contribution >= 4 is 11.3 Å². The zero-order chi connectivity index (χ0) is 11.7. The van der Waals surface area contributed by atoms with Gasteiger partial charge in [-0.25, -0.2) is 0 Å². The van der Waals surface area contributed by atoms with E-state index in [0.29, 0.717) is 18.0 Å². The van der Waals surface area contributed by atoms with Gasteiger partial charge in [0.05, 0.1) is 0 Å². The number of thiophene rings is 1. The van der Waals surface area contributed by atoms with Crippen molar-refractivity contribution in [3.63, 3.8) is 0 Å². The largest absolute Gasteiger partial charge is 0.396 e. The van der Waals surface area contributed by atoms with Gasteiger partial charge in [-0.05, 0) is 36.6 Å². The molecular weight excluding hydrogens is 230 g/mol. The Morgan fingerprint density at radius 1 is 1.41 bits per heavy atom. The molecule has 0 spiro atoms. The summed E-state index contributed by atoms with van der Waals surface area (Å²) in [4.78, 5) is 1.47. The number of rotatable bonds is 5. The van der Waals surface area contributed by atoms with Gasteiger partial charge in [-0.15, -0.1) is 11.3 Å². The van der Waals surface area contributed by atoms with Crippen LogP contribution in [0.5, 0.6) is 0 Å². The second kappa shape index (κ2) is 4.92. The first-order valence-corrected chi connectivity index (χ1v) is 7.33. The van der Waals surface area contributed by atoms with E-state index >= 15 is 0 Å². The minimum absolute atomic E-state index is 0.280. The van der Waals surface area contributed by atoms with Gasteiger partial charge in [-0.3, -0.25) is 0 Å². The van der Waals surface area contributed by atoms with Crippen LogP contribution < -0.4 is 5.32 Å². The second-order valence-corrected chi connectivity index (χ2v) is 6.15. The molecule has 0 radical (unpaired) electrons. The van der Waals surface area contributed by atoms with Crippen LogP contribution in [0.1, 0.15) is 30.2 Å². The molecule has 0 saturated heterocycles. The molecule has 1 fully saturated rings. The van der Waals surface area contributed by atoms with Crippen molar-refractivity contribution < 1.29 is 5.11 Å². The number of hydrogen-bond donors (Lipinski definition) is 2. The molecule has 0 aliphatic heterocycles. The Kier molecular flexibility index (Phi) is 3.32. The summed E-state index contributed by atoms with van der Waals surface area (Å²) >= 11 is 1.85. The lowest BCUT2D eigenvalue weighted by Crippen LogP contribution is -2.31. The summed E-state index contributed by atoms with van der Waals surface area (Å²) in [6.07, 6.45) is 8.13. The third-order valence-electron chi connectivity index (χ3n) is 3.74. The van der Waals surface area contributed by atoms with E-state index in [0.717, 1.165) is 12.3 Å². The van der Waals surface area contributed by atoms with Crippen molar-refractivity contribution in [2.75, 3.05) is 6.61 Å². The molecule has 3 rings (SSSR count). The molecule has 1 heterocycles. The molecule has 1 aromatic rings. The van der Waals surface area contributed by atoms with Gasteiger partial charge < -0.3 is 10.4 Å². The number of aliphatic hydroxyl groups excluding tert-OH is 1. The third-order valence-corrected chi connectivity index (χ3v) is 4.70. The average molecular weight is 249 g/mol. The molecule has 0 aromatic carbocycles. The van der Waals surface area contributed by atoms with Gasteiger partial charge in [0.2, 0.25) is 0 Å². The van der Waals surface area contributed by atoms with E-state index in [1.54, 1.807) is 0 Å². The first kappa shape index (κ1) is 11.5. The van der Waals surface area contributed by atoms with E-state index < -0.39 is 0 Å². The molecule has 0 amide bonds. The Morgan fingerprint density at radius 2 is 2.29 bits per heavy atom. The summed E-state index contributed by atoms with van der Waals surface area (Å²) in [7, 11) is 0. The average Bonchev–Trinajstić information content (AvgIpc) is 2.88. The van der Waals surface area contributed by atoms with Crippen LogP contribution in [-0.4, -0.2) is 17.8 Å². The van der Waals surface area contributed by atoms with Crippen molar-refractivity contribution in [1.29, 1.82) is 0 Å². The molecule has 0 unspecified atom stereocenters. The smallest absolute Gasteiger partial charge is 0.0494 e. The van der Waals surface area contributed by atoms with E-state index in [9.17, 15) is 0 Å². The van der Waals surface area contributed by atoms with Gasteiger partial charge in [0, 0.05) is 29.5 Å². The summed E-state index contributed by atoms with van der Waals surface area (Å²) in [5.41, 5.74) is 0. The number of aliphatic hydroxyl groups is 1. The lowest BCUT2D eigenvalue weighted by Gasteiger charge is -2.21. The van der Waals surface area contributed by atoms with Gasteiger partial charge >= 0.3 is 0 Å². The lowest BCUT2D eigenvalue weighted by molar-refractivity contribution is 0.244. The summed E-state index contributed by atoms with van der Waals surface area (Å²) in [5, 5.41) is 15.1. The Bertz CT molecular complexity index is 383. The Morgan fingerprint density at radius 3 is 2.88 bits per heavy atom. The van der Waals surface area contributed by atoms with Gasteiger partial charge in [-0.1, -0.05) is 18.2 Å². The SMILES string of the molecule is OC[C@H]1C=C[C@@H](N[C@@H](c2cccs2)C2CC2)C1. The van der Waals surface area contributed by atoms with E-state index in [2.05, 4.69) is 35.0 Å². The van der Waals surface area contributed by atoms with Crippen LogP contribution in [0.4, 0.5) is 0 Å². The zero-order valence-corrected chi connectivity index (χ0v) is 10.7. The fourth-order valence-corrected chi connectivity index (χ4v) is 3.49. The quantitative estimate of drug-likeness (QED) is 0.786. The minimum atomic E-state index is 0.280. The molecule has 3 heteroatoms. The second-order valence-electron chi connectivity index (χ2n) is 5.17. The predicted octanol–water partition coefficient (Wildman–Crippen LogP) is 2.73. The highest BCUT2D eigenvalue weighted by Crippen LogP contribution is 2.43. The third kappa shape index (κ3) is 2.62. The Labute approximate surface area is 106 Å². The molecule has 17 heavy (non-hydrogen) atoms. The van der Waals surface area contributed by atoms with E-state index in [-0.39, 0.29) is 6.61 Å². The number of nitrogens with one attached hydrogen (secondary N) is 1.